The highest BCUT2D eigenvalue weighted by Crippen LogP contribution is 2.40. The van der Waals surface area contributed by atoms with Gasteiger partial charge in [0.1, 0.15) is 11.3 Å². The molecule has 3 aliphatic rings. The van der Waals surface area contributed by atoms with Gasteiger partial charge in [0, 0.05) is 49.9 Å². The molecule has 0 radical (unpaired) electrons. The summed E-state index contributed by atoms with van der Waals surface area (Å²) >= 11 is 0. The summed E-state index contributed by atoms with van der Waals surface area (Å²) in [4.78, 5) is 20.3. The standard InChI is InChI=1S/C27H33N7O2/c1-31-24-21(10-17(12-23(24)36-2)27(35)32-9-3-4-19(28)15-32)29-26(31)22-11-18-14-34(20-7-8-20)30-25(18)33(22)13-16-5-6-16/h10-12,14,16,19-20H,3-9,13,15,28H2,1-2H3/t19-/m1/s1. The van der Waals surface area contributed by atoms with E-state index in [1.54, 1.807) is 7.11 Å². The lowest BCUT2D eigenvalue weighted by Gasteiger charge is -2.30. The molecule has 0 spiro atoms. The van der Waals surface area contributed by atoms with Crippen LogP contribution < -0.4 is 10.5 Å². The van der Waals surface area contributed by atoms with E-state index < -0.39 is 0 Å². The lowest BCUT2D eigenvalue weighted by molar-refractivity contribution is 0.0708. The first-order valence-electron chi connectivity index (χ1n) is 13.2. The Hall–Kier alpha value is -3.33. The van der Waals surface area contributed by atoms with Crippen LogP contribution in [0.1, 0.15) is 54.9 Å². The first-order valence-corrected chi connectivity index (χ1v) is 13.2. The Morgan fingerprint density at radius 3 is 2.72 bits per heavy atom. The molecule has 1 aromatic carbocycles. The van der Waals surface area contributed by atoms with E-state index in [4.69, 9.17) is 20.6 Å². The van der Waals surface area contributed by atoms with Crippen LogP contribution in [-0.4, -0.2) is 60.9 Å². The number of nitrogens with zero attached hydrogens (tertiary/aromatic N) is 6. The van der Waals surface area contributed by atoms with Crippen molar-refractivity contribution in [1.29, 1.82) is 0 Å². The lowest BCUT2D eigenvalue weighted by Crippen LogP contribution is -2.45. The number of hydrogen-bond acceptors (Lipinski definition) is 5. The summed E-state index contributed by atoms with van der Waals surface area (Å²) in [5, 5.41) is 6.13. The number of imidazole rings is 1. The Morgan fingerprint density at radius 1 is 1.17 bits per heavy atom. The highest BCUT2D eigenvalue weighted by molar-refractivity contribution is 6.00. The van der Waals surface area contributed by atoms with Crippen LogP contribution in [0, 0.1) is 5.92 Å². The molecule has 3 fully saturated rings. The average Bonchev–Trinajstić information content (AvgIpc) is 3.79. The van der Waals surface area contributed by atoms with E-state index in [1.807, 2.05) is 24.1 Å². The van der Waals surface area contributed by atoms with Gasteiger partial charge in [0.05, 0.1) is 24.4 Å². The molecule has 1 saturated heterocycles. The number of rotatable bonds is 6. The molecular weight excluding hydrogens is 454 g/mol. The summed E-state index contributed by atoms with van der Waals surface area (Å²) in [5.74, 6) is 2.21. The number of piperidine rings is 1. The molecule has 9 heteroatoms. The number of carbonyl (C=O) groups is 1. The highest BCUT2D eigenvalue weighted by Gasteiger charge is 2.30. The Balaban J connectivity index is 1.33. The lowest BCUT2D eigenvalue weighted by atomic mass is 10.0. The minimum Gasteiger partial charge on any atom is -0.494 e. The number of hydrogen-bond donors (Lipinski definition) is 1. The van der Waals surface area contributed by atoms with Crippen molar-refractivity contribution < 1.29 is 9.53 Å². The van der Waals surface area contributed by atoms with E-state index in [9.17, 15) is 4.79 Å². The monoisotopic (exact) mass is 487 g/mol. The molecule has 7 rings (SSSR count). The maximum Gasteiger partial charge on any atom is 0.254 e. The first-order chi connectivity index (χ1) is 17.5. The number of benzene rings is 1. The van der Waals surface area contributed by atoms with Crippen molar-refractivity contribution in [2.75, 3.05) is 20.2 Å². The van der Waals surface area contributed by atoms with Gasteiger partial charge in [-0.15, -0.1) is 0 Å². The van der Waals surface area contributed by atoms with Crippen LogP contribution in [-0.2, 0) is 13.6 Å². The van der Waals surface area contributed by atoms with Gasteiger partial charge in [0.15, 0.2) is 11.5 Å². The molecule has 9 nitrogen and oxygen atoms in total. The van der Waals surface area contributed by atoms with Crippen molar-refractivity contribution in [3.63, 3.8) is 0 Å². The number of ether oxygens (including phenoxy) is 1. The average molecular weight is 488 g/mol. The number of likely N-dealkylation sites (tertiary alicyclic amines) is 1. The van der Waals surface area contributed by atoms with E-state index in [2.05, 4.69) is 26.1 Å². The molecule has 36 heavy (non-hydrogen) atoms. The fourth-order valence-electron chi connectivity index (χ4n) is 5.70. The van der Waals surface area contributed by atoms with E-state index in [-0.39, 0.29) is 11.9 Å². The molecule has 3 aromatic heterocycles. The largest absolute Gasteiger partial charge is 0.494 e. The van der Waals surface area contributed by atoms with Crippen LogP contribution in [0.25, 0.3) is 33.6 Å². The number of carbonyl (C=O) groups excluding carboxylic acids is 1. The minimum absolute atomic E-state index is 0.0118. The van der Waals surface area contributed by atoms with Crippen LogP contribution >= 0.6 is 0 Å². The van der Waals surface area contributed by atoms with Gasteiger partial charge in [0.2, 0.25) is 0 Å². The smallest absolute Gasteiger partial charge is 0.254 e. The van der Waals surface area contributed by atoms with E-state index in [1.165, 1.54) is 25.7 Å². The zero-order valence-electron chi connectivity index (χ0n) is 21.0. The van der Waals surface area contributed by atoms with Crippen molar-refractivity contribution >= 4 is 28.0 Å². The number of aromatic nitrogens is 5. The first kappa shape index (κ1) is 21.9. The Morgan fingerprint density at radius 2 is 2.00 bits per heavy atom. The topological polar surface area (TPSA) is 96.1 Å². The molecule has 0 unspecified atom stereocenters. The molecular formula is C27H33N7O2. The van der Waals surface area contributed by atoms with E-state index >= 15 is 0 Å². The van der Waals surface area contributed by atoms with Gasteiger partial charge in [-0.3, -0.25) is 9.48 Å². The van der Waals surface area contributed by atoms with Gasteiger partial charge in [-0.2, -0.15) is 5.10 Å². The normalized spacial score (nSPS) is 20.5. The highest BCUT2D eigenvalue weighted by atomic mass is 16.5. The zero-order valence-corrected chi connectivity index (χ0v) is 21.0. The molecule has 2 aliphatic carbocycles. The SMILES string of the molecule is COc1cc(C(=O)N2CCC[C@@H](N)C2)cc2nc(-c3cc4cn(C5CC5)nc4n3CC3CC3)n(C)c12. The van der Waals surface area contributed by atoms with Gasteiger partial charge >= 0.3 is 0 Å². The van der Waals surface area contributed by atoms with Gasteiger partial charge < -0.3 is 24.5 Å². The summed E-state index contributed by atoms with van der Waals surface area (Å²) in [5.41, 5.74) is 10.5. The van der Waals surface area contributed by atoms with Gasteiger partial charge in [0.25, 0.3) is 5.91 Å². The molecule has 4 aromatic rings. The van der Waals surface area contributed by atoms with Gasteiger partial charge in [-0.1, -0.05) is 0 Å². The Labute approximate surface area is 209 Å². The van der Waals surface area contributed by atoms with Gasteiger partial charge in [-0.05, 0) is 62.6 Å². The van der Waals surface area contributed by atoms with Gasteiger partial charge in [-0.25, -0.2) is 4.98 Å². The third-order valence-electron chi connectivity index (χ3n) is 8.01. The molecule has 2 saturated carbocycles. The molecule has 1 amide bonds. The van der Waals surface area contributed by atoms with E-state index in [0.29, 0.717) is 29.8 Å². The summed E-state index contributed by atoms with van der Waals surface area (Å²) in [6, 6.07) is 6.56. The van der Waals surface area contributed by atoms with Crippen LogP contribution in [0.15, 0.2) is 24.4 Å². The van der Waals surface area contributed by atoms with Crippen LogP contribution in [0.2, 0.25) is 0 Å². The maximum absolute atomic E-state index is 13.3. The summed E-state index contributed by atoms with van der Waals surface area (Å²) in [7, 11) is 3.67. The van der Waals surface area contributed by atoms with Crippen LogP contribution in [0.3, 0.4) is 0 Å². The second-order valence-electron chi connectivity index (χ2n) is 10.9. The number of fused-ring (bicyclic) bond motifs is 2. The second kappa shape index (κ2) is 8.09. The number of amides is 1. The van der Waals surface area contributed by atoms with Crippen molar-refractivity contribution in [2.24, 2.45) is 18.7 Å². The molecule has 4 heterocycles. The predicted octanol–water partition coefficient (Wildman–Crippen LogP) is 3.71. The summed E-state index contributed by atoms with van der Waals surface area (Å²) in [6.45, 7) is 2.28. The third-order valence-corrected chi connectivity index (χ3v) is 8.01. The van der Waals surface area contributed by atoms with E-state index in [0.717, 1.165) is 59.5 Å². The van der Waals surface area contributed by atoms with Crippen molar-refractivity contribution in [2.45, 2.75) is 57.2 Å². The second-order valence-corrected chi connectivity index (χ2v) is 10.9. The number of nitrogens with two attached hydrogens (primary N) is 1. The minimum atomic E-state index is -0.0118. The molecule has 1 atom stereocenters. The van der Waals surface area contributed by atoms with Crippen molar-refractivity contribution in [1.82, 2.24) is 28.8 Å². The Kier molecular flexibility index (Phi) is 4.93. The number of methoxy groups -OCH3 is 1. The Bertz CT molecular complexity index is 1490. The fourth-order valence-corrected chi connectivity index (χ4v) is 5.70. The van der Waals surface area contributed by atoms with Crippen molar-refractivity contribution in [3.8, 4) is 17.3 Å². The quantitative estimate of drug-likeness (QED) is 0.447. The zero-order chi connectivity index (χ0) is 24.6. The van der Waals surface area contributed by atoms with Crippen LogP contribution in [0.4, 0.5) is 0 Å². The van der Waals surface area contributed by atoms with Crippen LogP contribution in [0.5, 0.6) is 5.75 Å². The molecule has 1 aliphatic heterocycles. The maximum atomic E-state index is 13.3. The number of aryl methyl sites for hydroxylation is 1. The summed E-state index contributed by atoms with van der Waals surface area (Å²) in [6.07, 6.45) is 9.05. The molecule has 0 bridgehead atoms. The predicted molar refractivity (Wildman–Crippen MR) is 138 cm³/mol. The molecule has 2 N–H and O–H groups in total. The fraction of sp³-hybridized carbons (Fsp3) is 0.519. The summed E-state index contributed by atoms with van der Waals surface area (Å²) < 4.78 is 12.4. The third kappa shape index (κ3) is 3.59. The molecule has 188 valence electrons. The van der Waals surface area contributed by atoms with Crippen molar-refractivity contribution in [3.05, 3.63) is 30.0 Å².